The lowest BCUT2D eigenvalue weighted by molar-refractivity contribution is 0.197. The number of carbonyl (C=O) groups is 1. The molecular weight excluding hydrogens is 294 g/mol. The van der Waals surface area contributed by atoms with Crippen molar-refractivity contribution in [3.63, 3.8) is 0 Å². The number of phenols is 1. The molecule has 0 saturated carbocycles. The molecule has 0 aliphatic carbocycles. The number of carboxylic acid groups (broad SMARTS) is 1. The van der Waals surface area contributed by atoms with Crippen LogP contribution in [0.1, 0.15) is 13.3 Å². The van der Waals surface area contributed by atoms with E-state index in [1.54, 1.807) is 6.92 Å². The van der Waals surface area contributed by atoms with Gasteiger partial charge < -0.3 is 15.5 Å². The van der Waals surface area contributed by atoms with Crippen molar-refractivity contribution < 1.29 is 23.4 Å². The van der Waals surface area contributed by atoms with Crippen LogP contribution in [-0.4, -0.2) is 37.5 Å². The van der Waals surface area contributed by atoms with E-state index in [0.717, 1.165) is 0 Å². The quantitative estimate of drug-likeness (QED) is 0.793. The predicted octanol–water partition coefficient (Wildman–Crippen LogP) is 2.11. The average molecular weight is 310 g/mol. The van der Waals surface area contributed by atoms with Gasteiger partial charge in [0.2, 0.25) is 0 Å². The summed E-state index contributed by atoms with van der Waals surface area (Å²) in [5, 5.41) is 18.9. The number of benzene rings is 1. The molecule has 6 nitrogen and oxygen atoms in total. The third-order valence-electron chi connectivity index (χ3n) is 1.94. The lowest BCUT2D eigenvalue weighted by Crippen LogP contribution is -2.13. The van der Waals surface area contributed by atoms with Gasteiger partial charge in [-0.1, -0.05) is 18.5 Å². The van der Waals surface area contributed by atoms with Gasteiger partial charge in [0.25, 0.3) is 0 Å². The van der Waals surface area contributed by atoms with E-state index in [0.29, 0.717) is 6.42 Å². The molecule has 108 valence electrons. The van der Waals surface area contributed by atoms with Crippen molar-refractivity contribution in [2.75, 3.05) is 12.8 Å². The second kappa shape index (κ2) is 7.85. The number of phenolic OH excluding ortho intramolecular Hbond substituents is 1. The summed E-state index contributed by atoms with van der Waals surface area (Å²) >= 11 is 5.73. The number of rotatable bonds is 3. The number of nitrogens with one attached hydrogen (secondary N) is 1. The normalized spacial score (nSPS) is 10.3. The molecule has 0 unspecified atom stereocenters. The van der Waals surface area contributed by atoms with Crippen molar-refractivity contribution in [3.05, 3.63) is 23.2 Å². The highest BCUT2D eigenvalue weighted by molar-refractivity contribution is 7.91. The van der Waals surface area contributed by atoms with Crippen LogP contribution in [0.5, 0.6) is 5.75 Å². The Kier molecular flexibility index (Phi) is 7.25. The number of amides is 1. The second-order valence-corrected chi connectivity index (χ2v) is 5.97. The molecule has 0 aliphatic heterocycles. The molecule has 0 spiro atoms. The fourth-order valence-corrected chi connectivity index (χ4v) is 3.00. The lowest BCUT2D eigenvalue weighted by Gasteiger charge is -2.05. The highest BCUT2D eigenvalue weighted by Gasteiger charge is 2.17. The Bertz CT molecular complexity index is 530. The van der Waals surface area contributed by atoms with Gasteiger partial charge in [-0.3, -0.25) is 0 Å². The zero-order valence-electron chi connectivity index (χ0n) is 10.6. The first-order valence-corrected chi connectivity index (χ1v) is 7.39. The Morgan fingerprint density at radius 2 is 1.95 bits per heavy atom. The van der Waals surface area contributed by atoms with Gasteiger partial charge in [0, 0.05) is 13.1 Å². The molecule has 0 atom stereocenters. The van der Waals surface area contributed by atoms with Gasteiger partial charge in [-0.25, -0.2) is 13.2 Å². The number of sulfone groups is 1. The smallest absolute Gasteiger partial charge is 0.404 e. The Morgan fingerprint density at radius 3 is 2.37 bits per heavy atom. The van der Waals surface area contributed by atoms with Crippen LogP contribution in [0, 0.1) is 0 Å². The van der Waals surface area contributed by atoms with E-state index in [-0.39, 0.29) is 21.4 Å². The minimum absolute atomic E-state index is 0.000941. The van der Waals surface area contributed by atoms with E-state index in [4.69, 9.17) is 21.8 Å². The monoisotopic (exact) mass is 309 g/mol. The third kappa shape index (κ3) is 6.30. The van der Waals surface area contributed by atoms with Gasteiger partial charge in [0.15, 0.2) is 9.84 Å². The molecule has 0 fully saturated rings. The summed E-state index contributed by atoms with van der Waals surface area (Å²) in [6.45, 7) is 1.77. The van der Waals surface area contributed by atoms with Crippen LogP contribution < -0.4 is 5.32 Å². The van der Waals surface area contributed by atoms with Crippen molar-refractivity contribution >= 4 is 27.5 Å². The third-order valence-corrected chi connectivity index (χ3v) is 4.33. The van der Waals surface area contributed by atoms with Crippen molar-refractivity contribution in [1.82, 2.24) is 5.32 Å². The van der Waals surface area contributed by atoms with Crippen molar-refractivity contribution in [3.8, 4) is 5.75 Å². The minimum Gasteiger partial charge on any atom is -0.508 e. The van der Waals surface area contributed by atoms with E-state index >= 15 is 0 Å². The average Bonchev–Trinajstić information content (AvgIpc) is 2.32. The van der Waals surface area contributed by atoms with Crippen LogP contribution in [0.3, 0.4) is 0 Å². The molecule has 1 rings (SSSR count). The van der Waals surface area contributed by atoms with Crippen LogP contribution in [0.15, 0.2) is 23.1 Å². The summed E-state index contributed by atoms with van der Waals surface area (Å²) in [6, 6.07) is 3.90. The maximum absolute atomic E-state index is 11.6. The number of halogens is 1. The molecule has 19 heavy (non-hydrogen) atoms. The summed E-state index contributed by atoms with van der Waals surface area (Å²) in [6.07, 6.45) is -0.473. The number of aromatic hydroxyl groups is 1. The van der Waals surface area contributed by atoms with Gasteiger partial charge in [-0.15, -0.1) is 0 Å². The van der Waals surface area contributed by atoms with E-state index in [1.807, 2.05) is 5.32 Å². The second-order valence-electron chi connectivity index (χ2n) is 3.49. The van der Waals surface area contributed by atoms with Crippen molar-refractivity contribution in [2.24, 2.45) is 0 Å². The standard InChI is InChI=1S/C9H11ClO3S.C2H5NO2/c1-2-5-14(12,13)9-6-7(11)3-4-8(9)10;1-3-2(4)5/h3-4,6,11H,2,5H2,1H3;3H,1H3,(H,4,5). The maximum atomic E-state index is 11.6. The zero-order valence-corrected chi connectivity index (χ0v) is 12.1. The van der Waals surface area contributed by atoms with Crippen LogP contribution in [0.2, 0.25) is 5.02 Å². The predicted molar refractivity (Wildman–Crippen MR) is 72.5 cm³/mol. The summed E-state index contributed by atoms with van der Waals surface area (Å²) < 4.78 is 23.2. The lowest BCUT2D eigenvalue weighted by atomic mass is 10.3. The van der Waals surface area contributed by atoms with E-state index in [1.165, 1.54) is 25.2 Å². The summed E-state index contributed by atoms with van der Waals surface area (Å²) in [7, 11) is -2.01. The minimum atomic E-state index is -3.36. The molecule has 0 saturated heterocycles. The molecule has 1 aromatic rings. The first-order valence-electron chi connectivity index (χ1n) is 5.36. The summed E-state index contributed by atoms with van der Waals surface area (Å²) in [4.78, 5) is 9.26. The number of hydrogen-bond donors (Lipinski definition) is 3. The van der Waals surface area contributed by atoms with Crippen LogP contribution in [0.4, 0.5) is 4.79 Å². The van der Waals surface area contributed by atoms with Crippen molar-refractivity contribution in [2.45, 2.75) is 18.2 Å². The fourth-order valence-electron chi connectivity index (χ4n) is 1.11. The molecule has 0 aliphatic rings. The molecule has 1 aromatic carbocycles. The summed E-state index contributed by atoms with van der Waals surface area (Å²) in [5.74, 6) is -0.0556. The molecule has 8 heteroatoms. The molecule has 0 aromatic heterocycles. The molecule has 0 radical (unpaired) electrons. The first-order chi connectivity index (χ1) is 8.74. The highest BCUT2D eigenvalue weighted by atomic mass is 35.5. The Labute approximate surface area is 116 Å². The molecule has 3 N–H and O–H groups in total. The topological polar surface area (TPSA) is 104 Å². The molecule has 0 heterocycles. The Balaban J connectivity index is 0.000000555. The van der Waals surface area contributed by atoms with Crippen LogP contribution in [0.25, 0.3) is 0 Å². The SMILES string of the molecule is CCCS(=O)(=O)c1cc(O)ccc1Cl.CNC(=O)O. The van der Waals surface area contributed by atoms with E-state index in [9.17, 15) is 13.2 Å². The number of hydrogen-bond acceptors (Lipinski definition) is 4. The molecule has 1 amide bonds. The molecular formula is C11H16ClNO5S. The van der Waals surface area contributed by atoms with Crippen LogP contribution >= 0.6 is 11.6 Å². The molecule has 0 bridgehead atoms. The van der Waals surface area contributed by atoms with Gasteiger partial charge >= 0.3 is 6.09 Å². The van der Waals surface area contributed by atoms with E-state index < -0.39 is 15.9 Å². The summed E-state index contributed by atoms with van der Waals surface area (Å²) in [5.41, 5.74) is 0. The van der Waals surface area contributed by atoms with Gasteiger partial charge in [-0.2, -0.15) is 0 Å². The van der Waals surface area contributed by atoms with Gasteiger partial charge in [0.05, 0.1) is 15.7 Å². The largest absolute Gasteiger partial charge is 0.508 e. The Morgan fingerprint density at radius 1 is 1.42 bits per heavy atom. The van der Waals surface area contributed by atoms with Crippen molar-refractivity contribution in [1.29, 1.82) is 0 Å². The van der Waals surface area contributed by atoms with Gasteiger partial charge in [0.1, 0.15) is 5.75 Å². The first kappa shape index (κ1) is 17.5. The van der Waals surface area contributed by atoms with E-state index in [2.05, 4.69) is 0 Å². The Hall–Kier alpha value is -1.47. The van der Waals surface area contributed by atoms with Crippen LogP contribution in [-0.2, 0) is 9.84 Å². The zero-order chi connectivity index (χ0) is 15.1. The highest BCUT2D eigenvalue weighted by Crippen LogP contribution is 2.26. The van der Waals surface area contributed by atoms with Gasteiger partial charge in [-0.05, 0) is 18.6 Å². The maximum Gasteiger partial charge on any atom is 0.404 e. The fraction of sp³-hybridized carbons (Fsp3) is 0.364.